The minimum Gasteiger partial charge on any atom is -0.269 e. The van der Waals surface area contributed by atoms with Crippen LogP contribution >= 0.6 is 22.9 Å². The van der Waals surface area contributed by atoms with Gasteiger partial charge in [0.25, 0.3) is 5.56 Å². The summed E-state index contributed by atoms with van der Waals surface area (Å²) in [4.78, 5) is 17.6. The number of hydrogen-bond acceptors (Lipinski definition) is 4. The first-order chi connectivity index (χ1) is 12.0. The molecular weight excluding hydrogens is 361 g/mol. The molecule has 2 unspecified atom stereocenters. The molecule has 0 spiro atoms. The lowest BCUT2D eigenvalue weighted by Gasteiger charge is -2.05. The molecule has 25 heavy (non-hydrogen) atoms. The number of rotatable bonds is 3. The summed E-state index contributed by atoms with van der Waals surface area (Å²) >= 11 is 7.61. The summed E-state index contributed by atoms with van der Waals surface area (Å²) < 4.78 is 16.4. The molecule has 4 nitrogen and oxygen atoms in total. The molecule has 3 aromatic rings. The van der Waals surface area contributed by atoms with E-state index in [1.165, 1.54) is 23.5 Å². The molecule has 2 heterocycles. The molecule has 0 aliphatic heterocycles. The molecular formula is C18H13ClFN3OS. The van der Waals surface area contributed by atoms with Crippen molar-refractivity contribution in [3.05, 3.63) is 67.3 Å². The van der Waals surface area contributed by atoms with E-state index in [9.17, 15) is 9.18 Å². The molecule has 1 aromatic carbocycles. The second-order valence-corrected chi connectivity index (χ2v) is 7.93. The van der Waals surface area contributed by atoms with Gasteiger partial charge in [-0.25, -0.2) is 9.37 Å². The van der Waals surface area contributed by atoms with Crippen LogP contribution in [0.3, 0.4) is 0 Å². The van der Waals surface area contributed by atoms with E-state index >= 15 is 0 Å². The van der Waals surface area contributed by atoms with Gasteiger partial charge in [-0.15, -0.1) is 0 Å². The average Bonchev–Trinajstić information content (AvgIpc) is 3.18. The molecule has 1 aliphatic rings. The topological polar surface area (TPSA) is 58.2 Å². The number of nitriles is 1. The van der Waals surface area contributed by atoms with Crippen LogP contribution in [0.25, 0.3) is 4.96 Å². The summed E-state index contributed by atoms with van der Waals surface area (Å²) in [6.45, 7) is 2.13. The Morgan fingerprint density at radius 3 is 2.96 bits per heavy atom. The minimum atomic E-state index is -0.566. The number of thiazole rings is 1. The van der Waals surface area contributed by atoms with Gasteiger partial charge in [-0.2, -0.15) is 5.26 Å². The molecule has 7 heteroatoms. The zero-order valence-corrected chi connectivity index (χ0v) is 14.9. The molecule has 0 N–H and O–H groups in total. The Morgan fingerprint density at radius 2 is 2.28 bits per heavy atom. The number of nitrogens with zero attached hydrogens (tertiary/aromatic N) is 3. The molecule has 1 aliphatic carbocycles. The maximum absolute atomic E-state index is 14.2. The summed E-state index contributed by atoms with van der Waals surface area (Å²) in [7, 11) is 0. The van der Waals surface area contributed by atoms with Crippen molar-refractivity contribution in [2.24, 2.45) is 5.92 Å². The van der Waals surface area contributed by atoms with Crippen molar-refractivity contribution in [3.63, 3.8) is 0 Å². The highest BCUT2D eigenvalue weighted by Gasteiger charge is 2.38. The van der Waals surface area contributed by atoms with Crippen LogP contribution in [0, 0.1) is 23.1 Å². The van der Waals surface area contributed by atoms with Gasteiger partial charge >= 0.3 is 0 Å². The van der Waals surface area contributed by atoms with Gasteiger partial charge in [0.1, 0.15) is 16.2 Å². The Balaban J connectivity index is 1.78. The fourth-order valence-corrected chi connectivity index (χ4v) is 4.50. The summed E-state index contributed by atoms with van der Waals surface area (Å²) in [5, 5.41) is 8.94. The fraction of sp³-hybridized carbons (Fsp3) is 0.278. The van der Waals surface area contributed by atoms with Gasteiger partial charge in [0.05, 0.1) is 17.0 Å². The monoisotopic (exact) mass is 373 g/mol. The Kier molecular flexibility index (Phi) is 3.86. The molecule has 126 valence electrons. The largest absolute Gasteiger partial charge is 0.269 e. The first kappa shape index (κ1) is 16.2. The zero-order valence-electron chi connectivity index (χ0n) is 13.3. The van der Waals surface area contributed by atoms with E-state index in [2.05, 4.69) is 11.9 Å². The predicted molar refractivity (Wildman–Crippen MR) is 94.8 cm³/mol. The van der Waals surface area contributed by atoms with Crippen LogP contribution in [-0.4, -0.2) is 9.38 Å². The number of aromatic nitrogens is 2. The van der Waals surface area contributed by atoms with E-state index in [0.717, 1.165) is 12.1 Å². The molecule has 2 aromatic heterocycles. The van der Waals surface area contributed by atoms with Crippen LogP contribution in [0.15, 0.2) is 29.1 Å². The molecule has 2 atom stereocenters. The second-order valence-electron chi connectivity index (χ2n) is 6.35. The third-order valence-corrected chi connectivity index (χ3v) is 5.87. The third kappa shape index (κ3) is 2.74. The standard InChI is InChI=1S/C18H13ClFN3OS/c1-9-5-13(9)16-17(19)25-18-22-12(7-14(24)23(16)18)6-10-3-2-4-11(8-21)15(10)20/h2-4,7,9,13H,5-6H2,1H3. The van der Waals surface area contributed by atoms with Gasteiger partial charge in [-0.3, -0.25) is 9.20 Å². The molecule has 1 saturated carbocycles. The first-order valence-corrected chi connectivity index (χ1v) is 9.07. The van der Waals surface area contributed by atoms with Gasteiger partial charge in [0.15, 0.2) is 4.96 Å². The molecule has 0 amide bonds. The van der Waals surface area contributed by atoms with Crippen molar-refractivity contribution < 1.29 is 4.39 Å². The van der Waals surface area contributed by atoms with E-state index in [4.69, 9.17) is 16.9 Å². The predicted octanol–water partition coefficient (Wildman–Crippen LogP) is 4.13. The smallest absolute Gasteiger partial charge is 0.259 e. The maximum atomic E-state index is 14.2. The molecule has 0 saturated heterocycles. The molecule has 4 rings (SSSR count). The van der Waals surface area contributed by atoms with Crippen molar-refractivity contribution in [1.29, 1.82) is 5.26 Å². The van der Waals surface area contributed by atoms with Crippen LogP contribution in [0.4, 0.5) is 4.39 Å². The van der Waals surface area contributed by atoms with Crippen molar-refractivity contribution in [3.8, 4) is 6.07 Å². The van der Waals surface area contributed by atoms with Gasteiger partial charge in [-0.05, 0) is 24.0 Å². The molecule has 1 fully saturated rings. The normalized spacial score (nSPS) is 19.1. The lowest BCUT2D eigenvalue weighted by Crippen LogP contribution is -2.16. The van der Waals surface area contributed by atoms with E-state index < -0.39 is 5.82 Å². The van der Waals surface area contributed by atoms with E-state index in [-0.39, 0.29) is 17.5 Å². The summed E-state index contributed by atoms with van der Waals surface area (Å²) in [6.07, 6.45) is 1.17. The van der Waals surface area contributed by atoms with E-state index in [1.807, 2.05) is 6.07 Å². The van der Waals surface area contributed by atoms with Crippen molar-refractivity contribution >= 4 is 27.9 Å². The fourth-order valence-electron chi connectivity index (χ4n) is 3.12. The van der Waals surface area contributed by atoms with Gasteiger partial charge in [0.2, 0.25) is 0 Å². The minimum absolute atomic E-state index is 0.0144. The summed E-state index contributed by atoms with van der Waals surface area (Å²) in [5.41, 5.74) is 1.44. The van der Waals surface area contributed by atoms with Crippen LogP contribution < -0.4 is 5.56 Å². The highest BCUT2D eigenvalue weighted by Crippen LogP contribution is 2.50. The Bertz CT molecular complexity index is 1100. The number of benzene rings is 1. The van der Waals surface area contributed by atoms with Crippen LogP contribution in [-0.2, 0) is 6.42 Å². The Morgan fingerprint density at radius 1 is 1.52 bits per heavy atom. The van der Waals surface area contributed by atoms with Crippen LogP contribution in [0.1, 0.15) is 41.8 Å². The summed E-state index contributed by atoms with van der Waals surface area (Å²) in [5.74, 6) is 0.254. The maximum Gasteiger partial charge on any atom is 0.259 e. The quantitative estimate of drug-likeness (QED) is 0.693. The zero-order chi connectivity index (χ0) is 17.7. The third-order valence-electron chi connectivity index (χ3n) is 4.60. The van der Waals surface area contributed by atoms with Crippen LogP contribution in [0.2, 0.25) is 4.34 Å². The lowest BCUT2D eigenvalue weighted by molar-refractivity contribution is 0.609. The van der Waals surface area contributed by atoms with Crippen molar-refractivity contribution in [2.75, 3.05) is 0 Å². The van der Waals surface area contributed by atoms with Gasteiger partial charge < -0.3 is 0 Å². The van der Waals surface area contributed by atoms with Gasteiger partial charge in [-0.1, -0.05) is 42.0 Å². The highest BCUT2D eigenvalue weighted by atomic mass is 35.5. The molecule has 0 radical (unpaired) electrons. The molecule has 0 bridgehead atoms. The summed E-state index contributed by atoms with van der Waals surface area (Å²) in [6, 6.07) is 7.88. The lowest BCUT2D eigenvalue weighted by atomic mass is 10.1. The number of hydrogen-bond donors (Lipinski definition) is 0. The Hall–Kier alpha value is -2.23. The number of fused-ring (bicyclic) bond motifs is 1. The SMILES string of the molecule is CC1CC1c1c(Cl)sc2nc(Cc3cccc(C#N)c3F)cc(=O)n12. The van der Waals surface area contributed by atoms with Crippen molar-refractivity contribution in [2.45, 2.75) is 25.7 Å². The van der Waals surface area contributed by atoms with Crippen molar-refractivity contribution in [1.82, 2.24) is 9.38 Å². The highest BCUT2D eigenvalue weighted by molar-refractivity contribution is 7.21. The van der Waals surface area contributed by atoms with E-state index in [0.29, 0.717) is 32.4 Å². The van der Waals surface area contributed by atoms with Crippen LogP contribution in [0.5, 0.6) is 0 Å². The second kappa shape index (κ2) is 5.94. The average molecular weight is 374 g/mol. The van der Waals surface area contributed by atoms with Gasteiger partial charge in [0, 0.05) is 18.4 Å². The number of halogens is 2. The first-order valence-electron chi connectivity index (χ1n) is 7.88. The van der Waals surface area contributed by atoms with E-state index in [1.54, 1.807) is 16.5 Å². The Labute approximate surface area is 152 Å².